The number of thiazole rings is 1. The van der Waals surface area contributed by atoms with E-state index in [9.17, 15) is 14.4 Å². The molecule has 0 spiro atoms. The monoisotopic (exact) mass is 509 g/mol. The second-order valence-electron chi connectivity index (χ2n) is 9.64. The smallest absolute Gasteiger partial charge is 0.319 e. The summed E-state index contributed by atoms with van der Waals surface area (Å²) >= 11 is 1.38. The number of nitrogens with one attached hydrogen (secondary N) is 3. The summed E-state index contributed by atoms with van der Waals surface area (Å²) in [6, 6.07) is 7.62. The van der Waals surface area contributed by atoms with Gasteiger partial charge >= 0.3 is 5.97 Å². The van der Waals surface area contributed by atoms with Gasteiger partial charge in [0.25, 0.3) is 11.8 Å². The van der Waals surface area contributed by atoms with Crippen LogP contribution in [0.4, 0.5) is 0 Å². The highest BCUT2D eigenvalue weighted by Gasteiger charge is 2.31. The molecule has 1 fully saturated rings. The molecule has 1 aliphatic heterocycles. The van der Waals surface area contributed by atoms with Crippen molar-refractivity contribution >= 4 is 40.0 Å². The summed E-state index contributed by atoms with van der Waals surface area (Å²) in [5, 5.41) is 7.72. The molecule has 10 heteroatoms. The highest BCUT2D eigenvalue weighted by Crippen LogP contribution is 2.26. The Kier molecular flexibility index (Phi) is 7.06. The molecule has 190 valence electrons. The summed E-state index contributed by atoms with van der Waals surface area (Å²) < 4.78 is 4.77. The lowest BCUT2D eigenvalue weighted by Crippen LogP contribution is -2.53. The van der Waals surface area contributed by atoms with Gasteiger partial charge in [-0.15, -0.1) is 11.3 Å². The number of hydrogen-bond acceptors (Lipinski definition) is 7. The van der Waals surface area contributed by atoms with E-state index in [1.54, 1.807) is 0 Å². The van der Waals surface area contributed by atoms with Crippen LogP contribution in [0.2, 0.25) is 0 Å². The zero-order valence-corrected chi connectivity index (χ0v) is 21.4. The van der Waals surface area contributed by atoms with Crippen molar-refractivity contribution in [2.24, 2.45) is 0 Å². The number of rotatable bonds is 6. The third kappa shape index (κ3) is 5.29. The van der Waals surface area contributed by atoms with Gasteiger partial charge in [0, 0.05) is 47.4 Å². The lowest BCUT2D eigenvalue weighted by molar-refractivity contribution is -0.142. The lowest BCUT2D eigenvalue weighted by Gasteiger charge is -2.32. The van der Waals surface area contributed by atoms with Gasteiger partial charge in [-0.25, -0.2) is 4.98 Å². The van der Waals surface area contributed by atoms with Crippen molar-refractivity contribution in [2.75, 3.05) is 20.2 Å². The first-order valence-corrected chi connectivity index (χ1v) is 13.2. The molecule has 3 aromatic rings. The highest BCUT2D eigenvalue weighted by molar-refractivity contribution is 7.13. The molecule has 36 heavy (non-hydrogen) atoms. The Morgan fingerprint density at radius 2 is 1.89 bits per heavy atom. The van der Waals surface area contributed by atoms with Gasteiger partial charge < -0.3 is 20.4 Å². The molecule has 2 aliphatic rings. The van der Waals surface area contributed by atoms with Gasteiger partial charge in [-0.2, -0.15) is 0 Å². The molecule has 2 atom stereocenters. The van der Waals surface area contributed by atoms with Crippen LogP contribution in [0, 0.1) is 6.92 Å². The molecule has 0 radical (unpaired) electrons. The van der Waals surface area contributed by atoms with Crippen molar-refractivity contribution < 1.29 is 19.1 Å². The third-order valence-electron chi connectivity index (χ3n) is 7.00. The predicted molar refractivity (Wildman–Crippen MR) is 137 cm³/mol. The van der Waals surface area contributed by atoms with E-state index in [0.717, 1.165) is 52.7 Å². The van der Waals surface area contributed by atoms with Crippen molar-refractivity contribution in [3.63, 3.8) is 0 Å². The molecule has 9 nitrogen and oxygen atoms in total. The molecule has 1 aliphatic carbocycles. The van der Waals surface area contributed by atoms with Gasteiger partial charge in [0.05, 0.1) is 19.3 Å². The Bertz CT molecular complexity index is 1300. The summed E-state index contributed by atoms with van der Waals surface area (Å²) in [6.45, 7) is 3.55. The average molecular weight is 510 g/mol. The van der Waals surface area contributed by atoms with E-state index >= 15 is 0 Å². The van der Waals surface area contributed by atoms with Crippen molar-refractivity contribution in [1.82, 2.24) is 25.5 Å². The van der Waals surface area contributed by atoms with Crippen molar-refractivity contribution in [2.45, 2.75) is 57.7 Å². The van der Waals surface area contributed by atoms with Crippen LogP contribution in [0.15, 0.2) is 24.3 Å². The third-order valence-corrected chi connectivity index (χ3v) is 8.09. The van der Waals surface area contributed by atoms with Gasteiger partial charge in [0.1, 0.15) is 5.69 Å². The van der Waals surface area contributed by atoms with E-state index in [-0.39, 0.29) is 36.4 Å². The van der Waals surface area contributed by atoms with E-state index < -0.39 is 0 Å². The van der Waals surface area contributed by atoms with Crippen LogP contribution in [0.1, 0.15) is 62.1 Å². The summed E-state index contributed by atoms with van der Waals surface area (Å²) in [7, 11) is 1.38. The van der Waals surface area contributed by atoms with Gasteiger partial charge in [-0.1, -0.05) is 24.5 Å². The Hall–Kier alpha value is -3.24. The van der Waals surface area contributed by atoms with Gasteiger partial charge in [0.15, 0.2) is 5.01 Å². The number of methoxy groups -OCH3 is 1. The van der Waals surface area contributed by atoms with Crippen LogP contribution in [-0.2, 0) is 22.5 Å². The van der Waals surface area contributed by atoms with Gasteiger partial charge in [0.2, 0.25) is 0 Å². The van der Waals surface area contributed by atoms with E-state index in [2.05, 4.69) is 26.7 Å². The van der Waals surface area contributed by atoms with Crippen LogP contribution in [0.5, 0.6) is 0 Å². The van der Waals surface area contributed by atoms with Gasteiger partial charge in [-0.05, 0) is 38.0 Å². The van der Waals surface area contributed by atoms with Crippen LogP contribution < -0.4 is 10.6 Å². The molecule has 3 N–H and O–H groups in total. The molecular formula is C26H31N5O4S. The Morgan fingerprint density at radius 1 is 1.14 bits per heavy atom. The number of fused-ring (bicyclic) bond motifs is 2. The van der Waals surface area contributed by atoms with Gasteiger partial charge in [-0.3, -0.25) is 19.3 Å². The molecule has 2 amide bonds. The van der Waals surface area contributed by atoms with E-state index in [4.69, 9.17) is 4.74 Å². The quantitative estimate of drug-likeness (QED) is 0.440. The summed E-state index contributed by atoms with van der Waals surface area (Å²) in [5.74, 6) is -0.638. The molecule has 0 saturated heterocycles. The minimum Gasteiger partial charge on any atom is -0.468 e. The second-order valence-corrected chi connectivity index (χ2v) is 10.7. The van der Waals surface area contributed by atoms with Crippen molar-refractivity contribution in [3.05, 3.63) is 51.1 Å². The molecule has 0 unspecified atom stereocenters. The number of carbonyl (C=O) groups excluding carboxylic acids is 3. The standard InChI is InChI=1S/C26H31N5O4S/c1-15-7-8-17-16(11-15)12-21(27-17)24(33)28-18-5-3-4-6-19(18)29-25(34)26-30-20-9-10-31(13-22(20)36-26)14-23(32)35-2/h7-8,11-12,18-19,27H,3-6,9-10,13-14H2,1-2H3,(H,28,33)(H,29,34)/t18-,19+/m0/s1. The normalized spacial score (nSPS) is 20.1. The largest absolute Gasteiger partial charge is 0.468 e. The maximum atomic E-state index is 13.1. The number of benzene rings is 1. The highest BCUT2D eigenvalue weighted by atomic mass is 32.1. The number of esters is 1. The fraction of sp³-hybridized carbons (Fsp3) is 0.462. The minimum atomic E-state index is -0.270. The maximum Gasteiger partial charge on any atom is 0.319 e. The number of hydrogen-bond donors (Lipinski definition) is 3. The minimum absolute atomic E-state index is 0.145. The first-order chi connectivity index (χ1) is 17.4. The Balaban J connectivity index is 1.23. The van der Waals surface area contributed by atoms with Crippen LogP contribution in [0.3, 0.4) is 0 Å². The molecule has 1 saturated carbocycles. The molecule has 1 aromatic carbocycles. The number of aryl methyl sites for hydroxylation is 1. The Morgan fingerprint density at radius 3 is 2.64 bits per heavy atom. The van der Waals surface area contributed by atoms with Crippen LogP contribution >= 0.6 is 11.3 Å². The number of aromatic nitrogens is 2. The fourth-order valence-electron chi connectivity index (χ4n) is 5.05. The molecule has 3 heterocycles. The predicted octanol–water partition coefficient (Wildman–Crippen LogP) is 2.93. The number of amides is 2. The number of aromatic amines is 1. The number of carbonyl (C=O) groups is 3. The fourth-order valence-corrected chi connectivity index (χ4v) is 6.11. The van der Waals surface area contributed by atoms with E-state index in [0.29, 0.717) is 30.2 Å². The first-order valence-electron chi connectivity index (χ1n) is 12.4. The zero-order chi connectivity index (χ0) is 25.2. The topological polar surface area (TPSA) is 116 Å². The summed E-state index contributed by atoms with van der Waals surface area (Å²) in [6.07, 6.45) is 4.32. The first kappa shape index (κ1) is 24.5. The zero-order valence-electron chi connectivity index (χ0n) is 20.6. The maximum absolute atomic E-state index is 13.1. The molecular weight excluding hydrogens is 478 g/mol. The average Bonchev–Trinajstić information content (AvgIpc) is 3.49. The van der Waals surface area contributed by atoms with Crippen LogP contribution in [0.25, 0.3) is 10.9 Å². The molecule has 0 bridgehead atoms. The molecule has 2 aromatic heterocycles. The number of ether oxygens (including phenoxy) is 1. The lowest BCUT2D eigenvalue weighted by atomic mass is 9.90. The van der Waals surface area contributed by atoms with Crippen molar-refractivity contribution in [3.8, 4) is 0 Å². The van der Waals surface area contributed by atoms with Crippen molar-refractivity contribution in [1.29, 1.82) is 0 Å². The Labute approximate surface area is 213 Å². The number of nitrogens with zero attached hydrogens (tertiary/aromatic N) is 2. The number of H-pyrrole nitrogens is 1. The van der Waals surface area contributed by atoms with E-state index in [1.807, 2.05) is 30.0 Å². The van der Waals surface area contributed by atoms with Crippen LogP contribution in [-0.4, -0.2) is 64.9 Å². The molecule has 5 rings (SSSR count). The SMILES string of the molecule is COC(=O)CN1CCc2nc(C(=O)N[C@@H]3CCCC[C@@H]3NC(=O)c3cc4cc(C)ccc4[nH]3)sc2C1. The second kappa shape index (κ2) is 10.4. The van der Waals surface area contributed by atoms with E-state index in [1.165, 1.54) is 18.4 Å². The summed E-state index contributed by atoms with van der Waals surface area (Å²) in [5.41, 5.74) is 3.52. The summed E-state index contributed by atoms with van der Waals surface area (Å²) in [4.78, 5) is 48.6.